The van der Waals surface area contributed by atoms with Crippen molar-refractivity contribution in [2.45, 2.75) is 13.8 Å². The highest BCUT2D eigenvalue weighted by molar-refractivity contribution is 14.0. The molecule has 0 aliphatic carbocycles. The van der Waals surface area contributed by atoms with E-state index < -0.39 is 0 Å². The Bertz CT molecular complexity index is 170. The van der Waals surface area contributed by atoms with Crippen LogP contribution in [0.25, 0.3) is 0 Å². The molecular weight excluding hydrogens is 237 g/mol. The highest BCUT2D eigenvalue weighted by Crippen LogP contribution is 2.08. The highest BCUT2D eigenvalue weighted by Gasteiger charge is 1.87. The first kappa shape index (κ1) is 9.75. The minimum atomic E-state index is 0. The van der Waals surface area contributed by atoms with E-state index in [1.807, 2.05) is 26.0 Å². The van der Waals surface area contributed by atoms with Gasteiger partial charge < -0.3 is 5.73 Å². The maximum absolute atomic E-state index is 5.56. The molecule has 2 N–H and O–H groups in total. The van der Waals surface area contributed by atoms with E-state index >= 15 is 0 Å². The summed E-state index contributed by atoms with van der Waals surface area (Å²) >= 11 is 0. The van der Waals surface area contributed by atoms with Gasteiger partial charge in [0, 0.05) is 5.69 Å². The quantitative estimate of drug-likeness (QED) is 0.554. The largest absolute Gasteiger partial charge is 0.399 e. The molecule has 0 amide bonds. The summed E-state index contributed by atoms with van der Waals surface area (Å²) in [4.78, 5) is 0. The zero-order chi connectivity index (χ0) is 6.85. The molecule has 0 atom stereocenters. The molecule has 0 aliphatic heterocycles. The Hall–Kier alpha value is -0.250. The molecule has 1 nitrogen and oxygen atoms in total. The van der Waals surface area contributed by atoms with Gasteiger partial charge in [0.1, 0.15) is 0 Å². The third kappa shape index (κ3) is 2.56. The van der Waals surface area contributed by atoms with Gasteiger partial charge in [-0.25, -0.2) is 0 Å². The number of rotatable bonds is 0. The monoisotopic (exact) mass is 249 g/mol. The Morgan fingerprint density at radius 3 is 1.70 bits per heavy atom. The van der Waals surface area contributed by atoms with Gasteiger partial charge in [-0.05, 0) is 37.1 Å². The van der Waals surface area contributed by atoms with E-state index in [2.05, 4.69) is 6.07 Å². The van der Waals surface area contributed by atoms with Crippen molar-refractivity contribution < 1.29 is 0 Å². The number of halogens is 1. The van der Waals surface area contributed by atoms with Gasteiger partial charge in [-0.2, -0.15) is 0 Å². The average molecular weight is 249 g/mol. The van der Waals surface area contributed by atoms with Crippen LogP contribution in [0.2, 0.25) is 0 Å². The van der Waals surface area contributed by atoms with Crippen molar-refractivity contribution in [1.82, 2.24) is 0 Å². The van der Waals surface area contributed by atoms with Gasteiger partial charge in [0.15, 0.2) is 0 Å². The summed E-state index contributed by atoms with van der Waals surface area (Å²) in [5, 5.41) is 0. The van der Waals surface area contributed by atoms with E-state index in [9.17, 15) is 0 Å². The van der Waals surface area contributed by atoms with Crippen molar-refractivity contribution in [3.63, 3.8) is 0 Å². The zero-order valence-electron chi connectivity index (χ0n) is 6.22. The van der Waals surface area contributed by atoms with Crippen LogP contribution in [0.1, 0.15) is 11.1 Å². The first-order valence-electron chi connectivity index (χ1n) is 3.02. The molecule has 0 unspecified atom stereocenters. The summed E-state index contributed by atoms with van der Waals surface area (Å²) in [6.45, 7) is 4.09. The Labute approximate surface area is 78.6 Å². The number of nitrogen functional groups attached to an aromatic ring is 1. The highest BCUT2D eigenvalue weighted by atomic mass is 127. The second-order valence-corrected chi connectivity index (χ2v) is 2.42. The third-order valence-corrected chi connectivity index (χ3v) is 1.24. The van der Waals surface area contributed by atoms with Crippen molar-refractivity contribution in [3.05, 3.63) is 29.3 Å². The van der Waals surface area contributed by atoms with Gasteiger partial charge in [0.05, 0.1) is 0 Å². The Kier molecular flexibility index (Phi) is 3.71. The first-order valence-corrected chi connectivity index (χ1v) is 3.02. The molecule has 0 fully saturated rings. The molecule has 1 aromatic rings. The standard InChI is InChI=1S/C8H11N.HI/c1-6-3-7(2)5-8(9)4-6;/h3-5H,9H2,1-2H3;1H. The van der Waals surface area contributed by atoms with Gasteiger partial charge in [-0.1, -0.05) is 6.07 Å². The predicted octanol–water partition coefficient (Wildman–Crippen LogP) is 2.50. The Balaban J connectivity index is 0.000000810. The summed E-state index contributed by atoms with van der Waals surface area (Å²) in [6.07, 6.45) is 0. The van der Waals surface area contributed by atoms with Gasteiger partial charge >= 0.3 is 0 Å². The molecule has 56 valence electrons. The van der Waals surface area contributed by atoms with Crippen LogP contribution in [0.3, 0.4) is 0 Å². The predicted molar refractivity (Wildman–Crippen MR) is 55.7 cm³/mol. The topological polar surface area (TPSA) is 26.0 Å². The normalized spacial score (nSPS) is 8.60. The SMILES string of the molecule is Cc1cc(C)cc(N)c1.I. The van der Waals surface area contributed by atoms with Crippen LogP contribution in [0.5, 0.6) is 0 Å². The molecular formula is C8H12IN. The molecule has 0 heterocycles. The lowest BCUT2D eigenvalue weighted by Gasteiger charge is -1.97. The van der Waals surface area contributed by atoms with Crippen LogP contribution in [-0.4, -0.2) is 0 Å². The Morgan fingerprint density at radius 1 is 1.00 bits per heavy atom. The summed E-state index contributed by atoms with van der Waals surface area (Å²) in [6, 6.07) is 6.04. The average Bonchev–Trinajstić information content (AvgIpc) is 1.59. The van der Waals surface area contributed by atoms with Crippen molar-refractivity contribution in [2.24, 2.45) is 0 Å². The lowest BCUT2D eigenvalue weighted by Crippen LogP contribution is -1.86. The fourth-order valence-corrected chi connectivity index (χ4v) is 1.01. The fourth-order valence-electron chi connectivity index (χ4n) is 1.01. The molecule has 1 rings (SSSR count). The molecule has 0 radical (unpaired) electrons. The summed E-state index contributed by atoms with van der Waals surface area (Å²) in [7, 11) is 0. The number of nitrogens with two attached hydrogens (primary N) is 1. The van der Waals surface area contributed by atoms with E-state index in [-0.39, 0.29) is 24.0 Å². The zero-order valence-corrected chi connectivity index (χ0v) is 8.55. The van der Waals surface area contributed by atoms with Crippen molar-refractivity contribution in [2.75, 3.05) is 5.73 Å². The van der Waals surface area contributed by atoms with E-state index in [1.165, 1.54) is 11.1 Å². The number of anilines is 1. The molecule has 0 aliphatic rings. The molecule has 2 heteroatoms. The van der Waals surface area contributed by atoms with Crippen molar-refractivity contribution in [1.29, 1.82) is 0 Å². The smallest absolute Gasteiger partial charge is 0.0319 e. The van der Waals surface area contributed by atoms with Crippen LogP contribution in [0.15, 0.2) is 18.2 Å². The number of aryl methyl sites for hydroxylation is 2. The van der Waals surface area contributed by atoms with E-state index in [0.29, 0.717) is 0 Å². The van der Waals surface area contributed by atoms with E-state index in [1.54, 1.807) is 0 Å². The van der Waals surface area contributed by atoms with Gasteiger partial charge in [0.25, 0.3) is 0 Å². The lowest BCUT2D eigenvalue weighted by atomic mass is 10.1. The van der Waals surface area contributed by atoms with Gasteiger partial charge in [-0.3, -0.25) is 0 Å². The van der Waals surface area contributed by atoms with Gasteiger partial charge in [0.2, 0.25) is 0 Å². The molecule has 0 spiro atoms. The molecule has 10 heavy (non-hydrogen) atoms. The van der Waals surface area contributed by atoms with Gasteiger partial charge in [-0.15, -0.1) is 24.0 Å². The van der Waals surface area contributed by atoms with Crippen LogP contribution in [0, 0.1) is 13.8 Å². The van der Waals surface area contributed by atoms with Crippen LogP contribution in [0.4, 0.5) is 5.69 Å². The number of benzene rings is 1. The third-order valence-electron chi connectivity index (χ3n) is 1.24. The molecule has 0 aromatic heterocycles. The number of hydrogen-bond donors (Lipinski definition) is 1. The molecule has 0 saturated carbocycles. The summed E-state index contributed by atoms with van der Waals surface area (Å²) in [5.74, 6) is 0. The Morgan fingerprint density at radius 2 is 1.40 bits per heavy atom. The molecule has 0 saturated heterocycles. The van der Waals surface area contributed by atoms with Crippen LogP contribution in [-0.2, 0) is 0 Å². The maximum atomic E-state index is 5.56. The minimum absolute atomic E-state index is 0. The lowest BCUT2D eigenvalue weighted by molar-refractivity contribution is 1.39. The minimum Gasteiger partial charge on any atom is -0.399 e. The van der Waals surface area contributed by atoms with Crippen LogP contribution >= 0.6 is 24.0 Å². The van der Waals surface area contributed by atoms with E-state index in [0.717, 1.165) is 5.69 Å². The van der Waals surface area contributed by atoms with E-state index in [4.69, 9.17) is 5.73 Å². The maximum Gasteiger partial charge on any atom is 0.0319 e. The molecule has 1 aromatic carbocycles. The summed E-state index contributed by atoms with van der Waals surface area (Å²) in [5.41, 5.74) is 8.87. The first-order chi connectivity index (χ1) is 4.18. The van der Waals surface area contributed by atoms with Crippen molar-refractivity contribution >= 4 is 29.7 Å². The molecule has 0 bridgehead atoms. The number of hydrogen-bond acceptors (Lipinski definition) is 1. The fraction of sp³-hybridized carbons (Fsp3) is 0.250. The second-order valence-electron chi connectivity index (χ2n) is 2.42. The van der Waals surface area contributed by atoms with Crippen LogP contribution < -0.4 is 5.73 Å². The van der Waals surface area contributed by atoms with Crippen molar-refractivity contribution in [3.8, 4) is 0 Å². The summed E-state index contributed by atoms with van der Waals surface area (Å²) < 4.78 is 0. The second kappa shape index (κ2) is 3.81.